The Labute approximate surface area is 140 Å². The SMILES string of the molecule is C=C1C(=O)N(c2cc(OC)c(OC)c(OC)c2)C1c1ccn(C)c1. The number of nitrogens with zero attached hydrogens (tertiary/aromatic N) is 2. The summed E-state index contributed by atoms with van der Waals surface area (Å²) < 4.78 is 18.0. The van der Waals surface area contributed by atoms with E-state index in [-0.39, 0.29) is 11.9 Å². The Morgan fingerprint density at radius 1 is 1.08 bits per heavy atom. The molecular formula is C18H20N2O4. The van der Waals surface area contributed by atoms with Crippen molar-refractivity contribution in [3.05, 3.63) is 48.3 Å². The van der Waals surface area contributed by atoms with E-state index >= 15 is 0 Å². The second kappa shape index (κ2) is 5.96. The van der Waals surface area contributed by atoms with E-state index in [9.17, 15) is 4.79 Å². The van der Waals surface area contributed by atoms with Crippen molar-refractivity contribution < 1.29 is 19.0 Å². The van der Waals surface area contributed by atoms with Crippen LogP contribution in [0.3, 0.4) is 0 Å². The normalized spacial score (nSPS) is 16.8. The Hall–Kier alpha value is -2.89. The number of hydrogen-bond donors (Lipinski definition) is 0. The molecule has 0 spiro atoms. The number of hydrogen-bond acceptors (Lipinski definition) is 4. The molecule has 1 aliphatic rings. The van der Waals surface area contributed by atoms with Crippen LogP contribution in [-0.2, 0) is 11.8 Å². The number of carbonyl (C=O) groups excluding carboxylic acids is 1. The molecule has 1 aromatic carbocycles. The molecule has 0 N–H and O–H groups in total. The van der Waals surface area contributed by atoms with Crippen molar-refractivity contribution in [2.24, 2.45) is 7.05 Å². The fourth-order valence-electron chi connectivity index (χ4n) is 2.99. The third-order valence-corrected chi connectivity index (χ3v) is 4.18. The number of carbonyl (C=O) groups is 1. The molecule has 1 fully saturated rings. The van der Waals surface area contributed by atoms with Gasteiger partial charge in [-0.3, -0.25) is 9.69 Å². The number of amides is 1. The lowest BCUT2D eigenvalue weighted by atomic mass is 9.90. The largest absolute Gasteiger partial charge is 0.493 e. The maximum absolute atomic E-state index is 12.4. The Bertz CT molecular complexity index is 784. The number of methoxy groups -OCH3 is 3. The maximum atomic E-state index is 12.4. The van der Waals surface area contributed by atoms with Crippen LogP contribution < -0.4 is 19.1 Å². The summed E-state index contributed by atoms with van der Waals surface area (Å²) in [5.41, 5.74) is 2.25. The fraction of sp³-hybridized carbons (Fsp3) is 0.278. The van der Waals surface area contributed by atoms with Crippen LogP contribution in [0.2, 0.25) is 0 Å². The lowest BCUT2D eigenvalue weighted by molar-refractivity contribution is -0.118. The van der Waals surface area contributed by atoms with Gasteiger partial charge in [0, 0.05) is 37.1 Å². The molecule has 0 bridgehead atoms. The highest BCUT2D eigenvalue weighted by atomic mass is 16.5. The number of benzene rings is 1. The van der Waals surface area contributed by atoms with Crippen molar-refractivity contribution in [1.82, 2.24) is 4.57 Å². The average Bonchev–Trinajstić information content (AvgIpc) is 3.02. The Morgan fingerprint density at radius 3 is 2.17 bits per heavy atom. The lowest BCUT2D eigenvalue weighted by Crippen LogP contribution is -2.48. The molecule has 6 nitrogen and oxygen atoms in total. The number of β-lactam (4-membered cyclic amide) rings is 1. The van der Waals surface area contributed by atoms with E-state index in [0.29, 0.717) is 28.5 Å². The number of ether oxygens (including phenoxy) is 3. The molecule has 2 aromatic rings. The van der Waals surface area contributed by atoms with Gasteiger partial charge in [0.1, 0.15) is 0 Å². The van der Waals surface area contributed by atoms with Gasteiger partial charge in [0.25, 0.3) is 5.91 Å². The molecule has 0 saturated carbocycles. The molecular weight excluding hydrogens is 308 g/mol. The molecule has 1 aromatic heterocycles. The Kier molecular flexibility index (Phi) is 3.97. The van der Waals surface area contributed by atoms with Gasteiger partial charge in [-0.1, -0.05) is 6.58 Å². The summed E-state index contributed by atoms with van der Waals surface area (Å²) in [6.07, 6.45) is 3.92. The number of aromatic nitrogens is 1. The minimum atomic E-state index is -0.193. The molecule has 1 saturated heterocycles. The number of aryl methyl sites for hydroxylation is 1. The second-order valence-corrected chi connectivity index (χ2v) is 5.60. The van der Waals surface area contributed by atoms with Crippen LogP contribution in [-0.4, -0.2) is 31.8 Å². The third kappa shape index (κ3) is 2.31. The molecule has 3 rings (SSSR count). The summed E-state index contributed by atoms with van der Waals surface area (Å²) in [6.45, 7) is 3.92. The van der Waals surface area contributed by atoms with Gasteiger partial charge in [-0.05, 0) is 11.6 Å². The molecule has 126 valence electrons. The highest BCUT2D eigenvalue weighted by molar-refractivity contribution is 6.15. The van der Waals surface area contributed by atoms with E-state index in [1.165, 1.54) is 0 Å². The van der Waals surface area contributed by atoms with Crippen molar-refractivity contribution in [2.75, 3.05) is 26.2 Å². The molecule has 0 aliphatic carbocycles. The van der Waals surface area contributed by atoms with Gasteiger partial charge in [0.05, 0.1) is 33.1 Å². The smallest absolute Gasteiger partial charge is 0.256 e. The van der Waals surface area contributed by atoms with E-state index in [1.54, 1.807) is 38.4 Å². The van der Waals surface area contributed by atoms with E-state index in [4.69, 9.17) is 14.2 Å². The molecule has 1 atom stereocenters. The van der Waals surface area contributed by atoms with Crippen molar-refractivity contribution in [2.45, 2.75) is 6.04 Å². The van der Waals surface area contributed by atoms with Crippen molar-refractivity contribution in [3.8, 4) is 17.2 Å². The van der Waals surface area contributed by atoms with Crippen LogP contribution in [0.5, 0.6) is 17.2 Å². The van der Waals surface area contributed by atoms with Crippen LogP contribution in [0, 0.1) is 0 Å². The average molecular weight is 328 g/mol. The summed E-state index contributed by atoms with van der Waals surface area (Å²) >= 11 is 0. The van der Waals surface area contributed by atoms with E-state index in [1.807, 2.05) is 30.1 Å². The first-order chi connectivity index (χ1) is 11.5. The third-order valence-electron chi connectivity index (χ3n) is 4.18. The topological polar surface area (TPSA) is 52.9 Å². The monoisotopic (exact) mass is 328 g/mol. The fourth-order valence-corrected chi connectivity index (χ4v) is 2.99. The van der Waals surface area contributed by atoms with E-state index < -0.39 is 0 Å². The lowest BCUT2D eigenvalue weighted by Gasteiger charge is -2.42. The zero-order valence-electron chi connectivity index (χ0n) is 14.2. The van der Waals surface area contributed by atoms with Gasteiger partial charge in [0.15, 0.2) is 11.5 Å². The summed E-state index contributed by atoms with van der Waals surface area (Å²) in [6, 6.07) is 5.32. The highest BCUT2D eigenvalue weighted by Crippen LogP contribution is 2.47. The predicted octanol–water partition coefficient (Wildman–Crippen LogP) is 2.70. The highest BCUT2D eigenvalue weighted by Gasteiger charge is 2.43. The molecule has 1 aliphatic heterocycles. The van der Waals surface area contributed by atoms with E-state index in [0.717, 1.165) is 5.56 Å². The van der Waals surface area contributed by atoms with Gasteiger partial charge in [-0.15, -0.1) is 0 Å². The molecule has 2 heterocycles. The van der Waals surface area contributed by atoms with Crippen molar-refractivity contribution in [3.63, 3.8) is 0 Å². The zero-order chi connectivity index (χ0) is 17.4. The van der Waals surface area contributed by atoms with Crippen LogP contribution >= 0.6 is 0 Å². The quantitative estimate of drug-likeness (QED) is 0.625. The summed E-state index contributed by atoms with van der Waals surface area (Å²) in [5, 5.41) is 0. The van der Waals surface area contributed by atoms with Gasteiger partial charge in [-0.25, -0.2) is 0 Å². The van der Waals surface area contributed by atoms with Crippen molar-refractivity contribution in [1.29, 1.82) is 0 Å². The molecule has 1 unspecified atom stereocenters. The van der Waals surface area contributed by atoms with Gasteiger partial charge in [0.2, 0.25) is 5.75 Å². The van der Waals surface area contributed by atoms with Gasteiger partial charge in [-0.2, -0.15) is 0 Å². The molecule has 1 amide bonds. The summed E-state index contributed by atoms with van der Waals surface area (Å²) in [5.74, 6) is 1.39. The minimum absolute atomic E-state index is 0.113. The van der Waals surface area contributed by atoms with Crippen molar-refractivity contribution >= 4 is 11.6 Å². The Balaban J connectivity index is 2.06. The molecule has 24 heavy (non-hydrogen) atoms. The first-order valence-corrected chi connectivity index (χ1v) is 7.46. The van der Waals surface area contributed by atoms with Crippen LogP contribution in [0.15, 0.2) is 42.7 Å². The van der Waals surface area contributed by atoms with E-state index in [2.05, 4.69) is 6.58 Å². The Morgan fingerprint density at radius 2 is 1.71 bits per heavy atom. The molecule has 6 heteroatoms. The zero-order valence-corrected chi connectivity index (χ0v) is 14.2. The summed E-state index contributed by atoms with van der Waals surface area (Å²) in [4.78, 5) is 14.1. The van der Waals surface area contributed by atoms with Gasteiger partial charge < -0.3 is 18.8 Å². The summed E-state index contributed by atoms with van der Waals surface area (Å²) in [7, 11) is 6.58. The molecule has 0 radical (unpaired) electrons. The number of anilines is 1. The predicted molar refractivity (Wildman–Crippen MR) is 90.9 cm³/mol. The minimum Gasteiger partial charge on any atom is -0.493 e. The van der Waals surface area contributed by atoms with Gasteiger partial charge >= 0.3 is 0 Å². The van der Waals surface area contributed by atoms with Crippen LogP contribution in [0.25, 0.3) is 0 Å². The maximum Gasteiger partial charge on any atom is 0.256 e. The standard InChI is InChI=1S/C18H20N2O4/c1-11-16(12-6-7-19(2)10-12)20(18(11)21)13-8-14(22-3)17(24-5)15(9-13)23-4/h6-10,16H,1H2,2-5H3. The first kappa shape index (κ1) is 16.0. The van der Waals surface area contributed by atoms with Crippen LogP contribution in [0.1, 0.15) is 11.6 Å². The number of rotatable bonds is 5. The van der Waals surface area contributed by atoms with Crippen LogP contribution in [0.4, 0.5) is 5.69 Å². The first-order valence-electron chi connectivity index (χ1n) is 7.46. The second-order valence-electron chi connectivity index (χ2n) is 5.60.